The van der Waals surface area contributed by atoms with Crippen molar-refractivity contribution in [3.63, 3.8) is 0 Å². The monoisotopic (exact) mass is 1010 g/mol. The van der Waals surface area contributed by atoms with Gasteiger partial charge in [-0.25, -0.2) is 20.0 Å². The Labute approximate surface area is 418 Å². The highest BCUT2D eigenvalue weighted by Crippen LogP contribution is 2.42. The lowest BCUT2D eigenvalue weighted by molar-refractivity contribution is -0.155. The second kappa shape index (κ2) is 23.3. The molecule has 3 N–H and O–H groups in total. The maximum Gasteiger partial charge on any atom is 0.326 e. The van der Waals surface area contributed by atoms with E-state index in [1.54, 1.807) is 27.2 Å². The number of esters is 1. The summed E-state index contributed by atoms with van der Waals surface area (Å²) in [6.07, 6.45) is 3.42. The van der Waals surface area contributed by atoms with Crippen molar-refractivity contribution in [2.75, 3.05) is 33.9 Å². The Morgan fingerprint density at radius 1 is 1.09 bits per heavy atom. The minimum atomic E-state index is -1.12. The number of hydrazine groups is 1. The van der Waals surface area contributed by atoms with E-state index in [0.29, 0.717) is 43.8 Å². The molecule has 16 nitrogen and oxygen atoms in total. The van der Waals surface area contributed by atoms with Gasteiger partial charge in [-0.05, 0) is 75.3 Å². The standard InChI is InChI=1S/C45H58N8O8S.4H2S/c1-9-51-34-15-14-27-20-29(34)30(39(51)28-12-10-17-46-37(28)26(4)60-8)22-45(5,6)24-61-43(58)31-13-11-18-53(49-31)41(55)32(21-36-47-33(27)23-62-36)48-40(54)38(25(2)3)50(7)44(59)52-19-16-35(52)42(56)57;;;;/h10,12,14-15,17,20,23,25-26,31-32,35,38,49H,9,11,13,16,18-19,21-22,24H2,1-8H3,(H,48,54)(H,56,57);4*1H2/t26-,31-,32-,35?,38-;;;;/m0..../s1. The first-order chi connectivity index (χ1) is 29.5. The number of aromatic nitrogens is 3. The lowest BCUT2D eigenvalue weighted by Crippen LogP contribution is -2.64. The number of urea groups is 1. The van der Waals surface area contributed by atoms with Crippen LogP contribution >= 0.6 is 65.3 Å². The zero-order valence-electron chi connectivity index (χ0n) is 38.8. The average Bonchev–Trinajstić information content (AvgIpc) is 3.82. The number of aryl methyl sites for hydroxylation is 1. The number of likely N-dealkylation sites (N-methyl/N-ethyl adjacent to an activating group) is 1. The van der Waals surface area contributed by atoms with Crippen molar-refractivity contribution in [3.05, 3.63) is 58.2 Å². The molecular formula is C45H66N8O8S5. The Kier molecular flexibility index (Phi) is 19.9. The van der Waals surface area contributed by atoms with Gasteiger partial charge < -0.3 is 34.3 Å². The van der Waals surface area contributed by atoms with Crippen molar-refractivity contribution < 1.29 is 38.6 Å². The fraction of sp³-hybridized carbons (Fsp3) is 0.533. The van der Waals surface area contributed by atoms with E-state index in [2.05, 4.69) is 54.3 Å². The van der Waals surface area contributed by atoms with Gasteiger partial charge in [0.1, 0.15) is 24.2 Å². The van der Waals surface area contributed by atoms with Gasteiger partial charge in [-0.15, -0.1) is 11.3 Å². The quantitative estimate of drug-likeness (QED) is 0.170. The minimum Gasteiger partial charge on any atom is -0.480 e. The van der Waals surface area contributed by atoms with Crippen LogP contribution in [-0.4, -0.2) is 122 Å². The first-order valence-corrected chi connectivity index (χ1v) is 22.3. The summed E-state index contributed by atoms with van der Waals surface area (Å²) in [5.74, 6) is -3.00. The number of nitrogens with zero attached hydrogens (tertiary/aromatic N) is 6. The lowest BCUT2D eigenvalue weighted by atomic mass is 9.84. The smallest absolute Gasteiger partial charge is 0.326 e. The van der Waals surface area contributed by atoms with Gasteiger partial charge in [0.15, 0.2) is 0 Å². The predicted octanol–water partition coefficient (Wildman–Crippen LogP) is 5.89. The van der Waals surface area contributed by atoms with Gasteiger partial charge in [0.25, 0.3) is 5.91 Å². The first kappa shape index (κ1) is 56.3. The number of rotatable bonds is 9. The van der Waals surface area contributed by atoms with Crippen LogP contribution in [0, 0.1) is 11.3 Å². The van der Waals surface area contributed by atoms with Crippen LogP contribution < -0.4 is 10.7 Å². The van der Waals surface area contributed by atoms with E-state index in [-0.39, 0.29) is 85.6 Å². The molecule has 4 amide bonds. The minimum absolute atomic E-state index is 0. The van der Waals surface area contributed by atoms with E-state index in [1.807, 2.05) is 24.4 Å². The van der Waals surface area contributed by atoms with Crippen LogP contribution in [0.15, 0.2) is 41.9 Å². The van der Waals surface area contributed by atoms with E-state index in [4.69, 9.17) is 19.4 Å². The number of cyclic esters (lactones) is 1. The molecule has 0 aliphatic carbocycles. The molecule has 2 fully saturated rings. The molecule has 5 atom stereocenters. The number of ether oxygens (including phenoxy) is 2. The number of carboxylic acid groups (broad SMARTS) is 1. The van der Waals surface area contributed by atoms with Crippen LogP contribution in [0.5, 0.6) is 0 Å². The summed E-state index contributed by atoms with van der Waals surface area (Å²) in [6.45, 7) is 13.2. The molecule has 4 aromatic rings. The van der Waals surface area contributed by atoms with E-state index < -0.39 is 59.4 Å². The molecule has 66 heavy (non-hydrogen) atoms. The van der Waals surface area contributed by atoms with Crippen molar-refractivity contribution in [1.82, 2.24) is 40.1 Å². The van der Waals surface area contributed by atoms with E-state index in [0.717, 1.165) is 44.7 Å². The number of fused-ring (bicyclic) bond motifs is 6. The van der Waals surface area contributed by atoms with Crippen LogP contribution in [0.4, 0.5) is 4.79 Å². The molecule has 0 radical (unpaired) electrons. The molecular weight excluding hydrogens is 941 g/mol. The molecule has 1 unspecified atom stereocenters. The molecule has 3 aliphatic heterocycles. The molecule has 1 aromatic carbocycles. The van der Waals surface area contributed by atoms with E-state index in [1.165, 1.54) is 33.2 Å². The topological polar surface area (TPSA) is 189 Å². The number of amides is 4. The summed E-state index contributed by atoms with van der Waals surface area (Å²) in [4.78, 5) is 80.1. The number of carbonyl (C=O) groups excluding carboxylic acids is 4. The Hall–Kier alpha value is -3.99. The average molecular weight is 1010 g/mol. The summed E-state index contributed by atoms with van der Waals surface area (Å²) < 4.78 is 14.2. The molecule has 6 bridgehead atoms. The van der Waals surface area contributed by atoms with Crippen LogP contribution in [0.1, 0.15) is 83.2 Å². The Morgan fingerprint density at radius 2 is 1.82 bits per heavy atom. The van der Waals surface area contributed by atoms with Gasteiger partial charge in [0.05, 0.1) is 34.8 Å². The summed E-state index contributed by atoms with van der Waals surface area (Å²) in [5.41, 5.74) is 9.11. The molecule has 3 aromatic heterocycles. The first-order valence-electron chi connectivity index (χ1n) is 21.4. The number of carboxylic acids is 1. The third kappa shape index (κ3) is 11.5. The molecule has 6 heterocycles. The van der Waals surface area contributed by atoms with Crippen molar-refractivity contribution >= 4 is 106 Å². The molecule has 21 heteroatoms. The molecule has 7 rings (SSSR count). The van der Waals surface area contributed by atoms with Gasteiger partial charge in [0, 0.05) is 79.2 Å². The van der Waals surface area contributed by atoms with Crippen molar-refractivity contribution in [2.45, 2.75) is 110 Å². The number of hydrogen-bond donors (Lipinski definition) is 3. The highest BCUT2D eigenvalue weighted by Gasteiger charge is 2.43. The lowest BCUT2D eigenvalue weighted by Gasteiger charge is -2.42. The summed E-state index contributed by atoms with van der Waals surface area (Å²) >= 11 is 1.38. The zero-order chi connectivity index (χ0) is 44.6. The normalized spacial score (nSPS) is 20.2. The summed E-state index contributed by atoms with van der Waals surface area (Å²) in [5, 5.41) is 17.5. The largest absolute Gasteiger partial charge is 0.480 e. The van der Waals surface area contributed by atoms with E-state index in [9.17, 15) is 29.1 Å². The van der Waals surface area contributed by atoms with Crippen molar-refractivity contribution in [1.29, 1.82) is 0 Å². The third-order valence-electron chi connectivity index (χ3n) is 12.3. The fourth-order valence-corrected chi connectivity index (χ4v) is 9.79. The predicted molar refractivity (Wildman–Crippen MR) is 275 cm³/mol. The number of likely N-dealkylation sites (tertiary alicyclic amines) is 1. The Morgan fingerprint density at radius 3 is 2.45 bits per heavy atom. The van der Waals surface area contributed by atoms with Crippen LogP contribution in [-0.2, 0) is 48.0 Å². The SMILES string of the molecule is CCn1c(-c2cccnc2[C@H](C)OC)c2c3cc(ccc31)-c1csc(n1)C[C@H](NC(=O)[C@H](C(C)C)N(C)C(=O)N1CCC1C(=O)O)C(=O)N1CCC[C@H](N1)C(=O)OCC(C)(C)C2.S.S.S.S. The number of benzene rings is 1. The zero-order valence-corrected chi connectivity index (χ0v) is 43.6. The third-order valence-corrected chi connectivity index (χ3v) is 13.2. The number of nitrogens with one attached hydrogen (secondary N) is 2. The number of thiazole rings is 1. The van der Waals surface area contributed by atoms with Crippen molar-refractivity contribution in [2.24, 2.45) is 11.3 Å². The maximum absolute atomic E-state index is 14.5. The number of carbonyl (C=O) groups is 5. The molecule has 3 aliphatic rings. The van der Waals surface area contributed by atoms with Crippen LogP contribution in [0.2, 0.25) is 0 Å². The van der Waals surface area contributed by atoms with Gasteiger partial charge in [-0.3, -0.25) is 24.4 Å². The Balaban J connectivity index is 0.00000289. The number of hydrogen-bond acceptors (Lipinski definition) is 11. The molecule has 0 spiro atoms. The van der Waals surface area contributed by atoms with Crippen LogP contribution in [0.3, 0.4) is 0 Å². The number of methoxy groups -OCH3 is 1. The Bertz CT molecular complexity index is 2380. The fourth-order valence-electron chi connectivity index (χ4n) is 8.94. The second-order valence-corrected chi connectivity index (χ2v) is 18.6. The number of pyridine rings is 1. The van der Waals surface area contributed by atoms with Gasteiger partial charge in [0.2, 0.25) is 5.91 Å². The van der Waals surface area contributed by atoms with Gasteiger partial charge >= 0.3 is 18.0 Å². The second-order valence-electron chi connectivity index (χ2n) is 17.7. The molecule has 2 saturated heterocycles. The van der Waals surface area contributed by atoms with E-state index >= 15 is 0 Å². The van der Waals surface area contributed by atoms with Crippen molar-refractivity contribution in [3.8, 4) is 22.5 Å². The molecule has 0 saturated carbocycles. The van der Waals surface area contributed by atoms with Gasteiger partial charge in [-0.1, -0.05) is 33.8 Å². The number of aliphatic carboxylic acids is 1. The summed E-state index contributed by atoms with van der Waals surface area (Å²) in [6, 6.07) is 5.84. The van der Waals surface area contributed by atoms with Gasteiger partial charge in [-0.2, -0.15) is 54.0 Å². The van der Waals surface area contributed by atoms with Crippen LogP contribution in [0.25, 0.3) is 33.4 Å². The highest BCUT2D eigenvalue weighted by molar-refractivity contribution is 7.59. The molecule has 364 valence electrons. The highest BCUT2D eigenvalue weighted by atomic mass is 32.1. The maximum atomic E-state index is 14.5. The summed E-state index contributed by atoms with van der Waals surface area (Å²) in [7, 11) is 3.15.